The van der Waals surface area contributed by atoms with Crippen LogP contribution in [0.5, 0.6) is 11.5 Å². The number of rotatable bonds is 1. The van der Waals surface area contributed by atoms with Crippen LogP contribution in [0.15, 0.2) is 48.5 Å². The maximum absolute atomic E-state index is 13.5. The van der Waals surface area contributed by atoms with Gasteiger partial charge in [-0.1, -0.05) is 36.4 Å². The monoisotopic (exact) mass is 350 g/mol. The number of benzene rings is 2. The summed E-state index contributed by atoms with van der Waals surface area (Å²) < 4.78 is 5.99. The highest BCUT2D eigenvalue weighted by Crippen LogP contribution is 2.44. The van der Waals surface area contributed by atoms with Crippen LogP contribution >= 0.6 is 0 Å². The minimum atomic E-state index is -0.361. The molecule has 0 aromatic heterocycles. The molecular formula is C21H22N2O3. The van der Waals surface area contributed by atoms with Gasteiger partial charge in [0.05, 0.1) is 5.92 Å². The topological polar surface area (TPSA) is 49.9 Å². The molecule has 0 spiro atoms. The molecule has 0 atom stereocenters. The first-order valence-electron chi connectivity index (χ1n) is 9.05. The second kappa shape index (κ2) is 6.83. The van der Waals surface area contributed by atoms with Crippen molar-refractivity contribution < 1.29 is 14.3 Å². The van der Waals surface area contributed by atoms with Crippen LogP contribution in [0.4, 0.5) is 0 Å². The van der Waals surface area contributed by atoms with E-state index in [1.807, 2.05) is 58.3 Å². The van der Waals surface area contributed by atoms with Gasteiger partial charge in [-0.25, -0.2) is 0 Å². The van der Waals surface area contributed by atoms with Gasteiger partial charge in [-0.3, -0.25) is 9.59 Å². The molecular weight excluding hydrogens is 328 g/mol. The third-order valence-corrected chi connectivity index (χ3v) is 5.18. The zero-order chi connectivity index (χ0) is 18.1. The van der Waals surface area contributed by atoms with Gasteiger partial charge in [-0.15, -0.1) is 0 Å². The number of amides is 2. The summed E-state index contributed by atoms with van der Waals surface area (Å²) >= 11 is 0. The molecule has 1 saturated heterocycles. The molecule has 0 bridgehead atoms. The molecule has 2 aromatic carbocycles. The van der Waals surface area contributed by atoms with Gasteiger partial charge in [0.15, 0.2) is 0 Å². The Bertz CT molecular complexity index is 803. The second-order valence-electron chi connectivity index (χ2n) is 6.80. The molecule has 5 heteroatoms. The molecule has 0 unspecified atom stereocenters. The van der Waals surface area contributed by atoms with Crippen LogP contribution in [0.3, 0.4) is 0 Å². The number of para-hydroxylation sites is 2. The molecule has 26 heavy (non-hydrogen) atoms. The van der Waals surface area contributed by atoms with E-state index in [1.54, 1.807) is 6.92 Å². The Morgan fingerprint density at radius 3 is 2.00 bits per heavy atom. The average molecular weight is 350 g/mol. The van der Waals surface area contributed by atoms with Crippen LogP contribution in [-0.4, -0.2) is 47.8 Å². The molecule has 2 amide bonds. The van der Waals surface area contributed by atoms with E-state index < -0.39 is 0 Å². The van der Waals surface area contributed by atoms with E-state index in [0.717, 1.165) is 29.0 Å². The van der Waals surface area contributed by atoms with Crippen LogP contribution in [-0.2, 0) is 9.59 Å². The van der Waals surface area contributed by atoms with Gasteiger partial charge in [-0.05, 0) is 18.6 Å². The maximum Gasteiger partial charge on any atom is 0.234 e. The van der Waals surface area contributed by atoms with Gasteiger partial charge in [0, 0.05) is 44.2 Å². The highest BCUT2D eigenvalue weighted by atomic mass is 16.5. The second-order valence-corrected chi connectivity index (χ2v) is 6.80. The standard InChI is InChI=1S/C21H22N2O3/c1-15(24)22-11-6-12-23(14-13-22)21(25)20-16-7-2-4-9-18(16)26-19-10-5-3-8-17(19)20/h2-5,7-10,20H,6,11-14H2,1H3. The van der Waals surface area contributed by atoms with Gasteiger partial charge in [0.25, 0.3) is 0 Å². The summed E-state index contributed by atoms with van der Waals surface area (Å²) in [7, 11) is 0. The summed E-state index contributed by atoms with van der Waals surface area (Å²) in [4.78, 5) is 28.9. The number of fused-ring (bicyclic) bond motifs is 2. The zero-order valence-electron chi connectivity index (χ0n) is 14.9. The van der Waals surface area contributed by atoms with Gasteiger partial charge in [0.1, 0.15) is 11.5 Å². The zero-order valence-corrected chi connectivity index (χ0v) is 14.9. The lowest BCUT2D eigenvalue weighted by Crippen LogP contribution is -2.39. The summed E-state index contributed by atoms with van der Waals surface area (Å²) in [6.07, 6.45) is 0.803. The number of hydrogen-bond acceptors (Lipinski definition) is 3. The predicted octanol–water partition coefficient (Wildman–Crippen LogP) is 3.01. The van der Waals surface area contributed by atoms with Gasteiger partial charge >= 0.3 is 0 Å². The summed E-state index contributed by atoms with van der Waals surface area (Å²) in [5.41, 5.74) is 1.81. The largest absolute Gasteiger partial charge is 0.457 e. The van der Waals surface area contributed by atoms with Crippen molar-refractivity contribution in [3.05, 3.63) is 59.7 Å². The summed E-state index contributed by atoms with van der Waals surface area (Å²) in [5.74, 6) is 1.27. The fourth-order valence-electron chi connectivity index (χ4n) is 3.81. The van der Waals surface area contributed by atoms with Crippen LogP contribution in [0, 0.1) is 0 Å². The van der Waals surface area contributed by atoms with Crippen molar-refractivity contribution in [2.45, 2.75) is 19.3 Å². The number of hydrogen-bond donors (Lipinski definition) is 0. The van der Waals surface area contributed by atoms with E-state index in [4.69, 9.17) is 4.74 Å². The van der Waals surface area contributed by atoms with Gasteiger partial charge in [-0.2, -0.15) is 0 Å². The van der Waals surface area contributed by atoms with Gasteiger partial charge < -0.3 is 14.5 Å². The molecule has 0 saturated carbocycles. The maximum atomic E-state index is 13.5. The van der Waals surface area contributed by atoms with E-state index in [0.29, 0.717) is 26.2 Å². The quantitative estimate of drug-likeness (QED) is 0.794. The number of carbonyl (C=O) groups is 2. The van der Waals surface area contributed by atoms with E-state index >= 15 is 0 Å². The lowest BCUT2D eigenvalue weighted by Gasteiger charge is -2.31. The molecule has 4 rings (SSSR count). The lowest BCUT2D eigenvalue weighted by atomic mass is 9.87. The molecule has 2 aromatic rings. The normalized spacial score (nSPS) is 17.0. The SMILES string of the molecule is CC(=O)N1CCCN(C(=O)C2c3ccccc3Oc3ccccc32)CC1. The van der Waals surface area contributed by atoms with Crippen molar-refractivity contribution >= 4 is 11.8 Å². The molecule has 0 aliphatic carbocycles. The first-order chi connectivity index (χ1) is 12.6. The average Bonchev–Trinajstić information content (AvgIpc) is 2.92. The summed E-state index contributed by atoms with van der Waals surface area (Å²) in [6.45, 7) is 4.13. The number of ether oxygens (including phenoxy) is 1. The van der Waals surface area contributed by atoms with Crippen molar-refractivity contribution in [2.75, 3.05) is 26.2 Å². The van der Waals surface area contributed by atoms with Crippen LogP contribution < -0.4 is 4.74 Å². The van der Waals surface area contributed by atoms with Crippen molar-refractivity contribution in [3.8, 4) is 11.5 Å². The minimum absolute atomic E-state index is 0.0704. The summed E-state index contributed by atoms with van der Waals surface area (Å²) in [6, 6.07) is 15.5. The molecule has 2 heterocycles. The van der Waals surface area contributed by atoms with E-state index in [9.17, 15) is 9.59 Å². The Kier molecular flexibility index (Phi) is 4.37. The number of carbonyl (C=O) groups excluding carboxylic acids is 2. The molecule has 0 N–H and O–H groups in total. The lowest BCUT2D eigenvalue weighted by molar-refractivity contribution is -0.133. The third kappa shape index (κ3) is 2.94. The molecule has 134 valence electrons. The fourth-order valence-corrected chi connectivity index (χ4v) is 3.81. The van der Waals surface area contributed by atoms with Crippen LogP contribution in [0.2, 0.25) is 0 Å². The Hall–Kier alpha value is -2.82. The fraction of sp³-hybridized carbons (Fsp3) is 0.333. The molecule has 0 radical (unpaired) electrons. The highest BCUT2D eigenvalue weighted by Gasteiger charge is 2.35. The highest BCUT2D eigenvalue weighted by molar-refractivity contribution is 5.89. The van der Waals surface area contributed by atoms with Crippen molar-refractivity contribution in [1.29, 1.82) is 0 Å². The molecule has 5 nitrogen and oxygen atoms in total. The predicted molar refractivity (Wildman–Crippen MR) is 98.3 cm³/mol. The van der Waals surface area contributed by atoms with Gasteiger partial charge in [0.2, 0.25) is 11.8 Å². The van der Waals surface area contributed by atoms with E-state index in [2.05, 4.69) is 0 Å². The van der Waals surface area contributed by atoms with Crippen LogP contribution in [0.1, 0.15) is 30.4 Å². The minimum Gasteiger partial charge on any atom is -0.457 e. The van der Waals surface area contributed by atoms with Crippen LogP contribution in [0.25, 0.3) is 0 Å². The first kappa shape index (κ1) is 16.6. The Morgan fingerprint density at radius 2 is 1.38 bits per heavy atom. The van der Waals surface area contributed by atoms with E-state index in [-0.39, 0.29) is 17.7 Å². The number of nitrogens with zero attached hydrogens (tertiary/aromatic N) is 2. The third-order valence-electron chi connectivity index (χ3n) is 5.18. The first-order valence-corrected chi connectivity index (χ1v) is 9.05. The van der Waals surface area contributed by atoms with Crippen molar-refractivity contribution in [3.63, 3.8) is 0 Å². The molecule has 2 aliphatic heterocycles. The Balaban J connectivity index is 1.67. The van der Waals surface area contributed by atoms with Crippen molar-refractivity contribution in [1.82, 2.24) is 9.80 Å². The Labute approximate surface area is 153 Å². The Morgan fingerprint density at radius 1 is 0.846 bits per heavy atom. The molecule has 1 fully saturated rings. The van der Waals surface area contributed by atoms with E-state index in [1.165, 1.54) is 0 Å². The van der Waals surface area contributed by atoms with Crippen molar-refractivity contribution in [2.24, 2.45) is 0 Å². The molecule has 2 aliphatic rings. The smallest absolute Gasteiger partial charge is 0.234 e. The summed E-state index contributed by atoms with van der Waals surface area (Å²) in [5, 5.41) is 0.